The highest BCUT2D eigenvalue weighted by atomic mass is 35.7. The second kappa shape index (κ2) is 17.3. The molecule has 3 nitrogen and oxygen atoms in total. The molecular weight excluding hydrogens is 890 g/mol. The van der Waals surface area contributed by atoms with Gasteiger partial charge in [0.25, 0.3) is 0 Å². The third-order valence-electron chi connectivity index (χ3n) is 12.3. The topological polar surface area (TPSA) is 9.72 Å². The van der Waals surface area contributed by atoms with Gasteiger partial charge in [-0.1, -0.05) is 223 Å². The Balaban J connectivity index is 2.45. The van der Waals surface area contributed by atoms with E-state index in [4.69, 9.17) is 33.7 Å². The SMILES string of the molecule is CC(C)(C)c1cc(C(C)(C)C)c(N2P(Cl)N(c3c(C(C)(C)C)cc(C(C)(C)C)cc3C(C)(C)C)P(Cl)N(c3c(C(C)(C)C)cc(C(C)(C)C)cc3C(C)(C)C)P2Cl)c(C(C)(C)C)c1. The Labute approximate surface area is 406 Å². The summed E-state index contributed by atoms with van der Waals surface area (Å²) in [5, 5.41) is 0. The van der Waals surface area contributed by atoms with Gasteiger partial charge in [-0.25, -0.2) is 0 Å². The molecular formula is C54H87Cl3N3P3. The van der Waals surface area contributed by atoms with Crippen molar-refractivity contribution in [3.8, 4) is 0 Å². The fraction of sp³-hybridized carbons (Fsp3) is 0.667. The maximum absolute atomic E-state index is 8.51. The van der Waals surface area contributed by atoms with Gasteiger partial charge in [0.2, 0.25) is 22.7 Å². The Kier molecular flexibility index (Phi) is 15.1. The highest BCUT2D eigenvalue weighted by molar-refractivity contribution is 8.15. The summed E-state index contributed by atoms with van der Waals surface area (Å²) in [6.07, 6.45) is 0. The average molecular weight is 978 g/mol. The van der Waals surface area contributed by atoms with Crippen LogP contribution in [0.4, 0.5) is 17.1 Å². The van der Waals surface area contributed by atoms with Crippen LogP contribution in [0.25, 0.3) is 0 Å². The van der Waals surface area contributed by atoms with Crippen LogP contribution in [-0.4, -0.2) is 0 Å². The second-order valence-corrected chi connectivity index (χ2v) is 35.1. The van der Waals surface area contributed by atoms with Crippen LogP contribution in [0.5, 0.6) is 0 Å². The summed E-state index contributed by atoms with van der Waals surface area (Å²) in [5.74, 6) is 0. The highest BCUT2D eigenvalue weighted by Gasteiger charge is 2.53. The number of hydrogen-bond donors (Lipinski definition) is 0. The number of anilines is 3. The monoisotopic (exact) mass is 976 g/mol. The Morgan fingerprint density at radius 3 is 0.476 bits per heavy atom. The maximum Gasteiger partial charge on any atom is 0.209 e. The third-order valence-corrected chi connectivity index (χ3v) is 23.1. The first-order chi connectivity index (χ1) is 27.7. The zero-order valence-corrected chi connectivity index (χ0v) is 49.7. The van der Waals surface area contributed by atoms with Crippen molar-refractivity contribution in [2.24, 2.45) is 0 Å². The summed E-state index contributed by atoms with van der Waals surface area (Å²) < 4.78 is 7.40. The van der Waals surface area contributed by atoms with Crippen LogP contribution in [-0.2, 0) is 48.7 Å². The minimum absolute atomic E-state index is 0.0730. The molecule has 1 heterocycles. The van der Waals surface area contributed by atoms with E-state index >= 15 is 0 Å². The van der Waals surface area contributed by atoms with Crippen LogP contribution >= 0.6 is 56.4 Å². The predicted molar refractivity (Wildman–Crippen MR) is 293 cm³/mol. The molecule has 0 unspecified atom stereocenters. The van der Waals surface area contributed by atoms with Crippen LogP contribution in [0.15, 0.2) is 36.4 Å². The lowest BCUT2D eigenvalue weighted by Crippen LogP contribution is -2.38. The summed E-state index contributed by atoms with van der Waals surface area (Å²) in [7, 11) is -5.11. The van der Waals surface area contributed by atoms with Crippen molar-refractivity contribution in [1.82, 2.24) is 0 Å². The molecule has 1 fully saturated rings. The molecule has 1 aliphatic heterocycles. The van der Waals surface area contributed by atoms with Gasteiger partial charge in [-0.2, -0.15) is 0 Å². The quantitative estimate of drug-likeness (QED) is 0.242. The molecule has 4 rings (SSSR count). The molecule has 0 saturated carbocycles. The minimum Gasteiger partial charge on any atom is -0.268 e. The summed E-state index contributed by atoms with van der Waals surface area (Å²) >= 11 is 25.5. The van der Waals surface area contributed by atoms with Crippen LogP contribution in [0.2, 0.25) is 0 Å². The van der Waals surface area contributed by atoms with Gasteiger partial charge in [0.15, 0.2) is 0 Å². The zero-order chi connectivity index (χ0) is 49.1. The maximum atomic E-state index is 8.51. The Morgan fingerprint density at radius 1 is 0.254 bits per heavy atom. The molecule has 0 aromatic heterocycles. The number of nitrogens with zero attached hydrogens (tertiary/aromatic N) is 3. The summed E-state index contributed by atoms with van der Waals surface area (Å²) in [6, 6.07) is 14.7. The Morgan fingerprint density at radius 2 is 0.381 bits per heavy atom. The molecule has 354 valence electrons. The Bertz CT molecular complexity index is 1800. The summed E-state index contributed by atoms with van der Waals surface area (Å²) in [6.45, 7) is 63.0. The van der Waals surface area contributed by atoms with Crippen LogP contribution in [0, 0.1) is 0 Å². The molecule has 0 radical (unpaired) electrons. The standard InChI is InChI=1S/C54H87Cl3N3P3/c1-46(2,3)34-28-37(49(10,11)12)43(38(29-34)50(13,14)15)58-61(55)59(44-39(51(16,17)18)30-35(47(4,5)6)31-40(44)52(19,20)21)63(57)60(62(58)56)45-41(53(22,23)24)32-36(48(7,8)9)33-42(45)54(25,26)27/h28-33H,1-27H3. The molecule has 3 aromatic carbocycles. The fourth-order valence-corrected chi connectivity index (χ4v) is 20.2. The summed E-state index contributed by atoms with van der Waals surface area (Å²) in [4.78, 5) is 0. The first kappa shape index (κ1) is 54.8. The minimum atomic E-state index is -1.70. The van der Waals surface area contributed by atoms with Crippen molar-refractivity contribution in [2.75, 3.05) is 13.3 Å². The van der Waals surface area contributed by atoms with Crippen molar-refractivity contribution in [2.45, 2.75) is 236 Å². The van der Waals surface area contributed by atoms with E-state index in [-0.39, 0.29) is 48.7 Å². The third kappa shape index (κ3) is 11.4. The normalized spacial score (nSPS) is 19.3. The van der Waals surface area contributed by atoms with Gasteiger partial charge in [-0.3, -0.25) is 13.3 Å². The van der Waals surface area contributed by atoms with Gasteiger partial charge in [0, 0.05) is 0 Å². The molecule has 63 heavy (non-hydrogen) atoms. The van der Waals surface area contributed by atoms with E-state index in [0.717, 1.165) is 17.1 Å². The fourth-order valence-electron chi connectivity index (χ4n) is 8.20. The molecule has 0 N–H and O–H groups in total. The second-order valence-electron chi connectivity index (χ2n) is 27.6. The van der Waals surface area contributed by atoms with E-state index in [0.29, 0.717) is 0 Å². The lowest BCUT2D eigenvalue weighted by molar-refractivity contribution is 0.550. The molecule has 0 aliphatic carbocycles. The predicted octanol–water partition coefficient (Wildman–Crippen LogP) is 20.6. The van der Waals surface area contributed by atoms with Gasteiger partial charge in [0.1, 0.15) is 0 Å². The number of hydrogen-bond acceptors (Lipinski definition) is 3. The van der Waals surface area contributed by atoms with Crippen LogP contribution in [0.3, 0.4) is 0 Å². The van der Waals surface area contributed by atoms with Gasteiger partial charge in [-0.05, 0) is 133 Å². The first-order valence-corrected chi connectivity index (χ1v) is 29.5. The zero-order valence-electron chi connectivity index (χ0n) is 44.8. The van der Waals surface area contributed by atoms with E-state index in [1.807, 2.05) is 0 Å². The largest absolute Gasteiger partial charge is 0.268 e. The Hall–Kier alpha value is -0.780. The lowest BCUT2D eigenvalue weighted by Gasteiger charge is -2.55. The lowest BCUT2D eigenvalue weighted by atomic mass is 9.74. The van der Waals surface area contributed by atoms with E-state index in [2.05, 4.69) is 237 Å². The molecule has 0 amide bonds. The van der Waals surface area contributed by atoms with E-state index in [9.17, 15) is 0 Å². The molecule has 0 bridgehead atoms. The van der Waals surface area contributed by atoms with Crippen molar-refractivity contribution >= 4 is 73.5 Å². The number of halogens is 3. The van der Waals surface area contributed by atoms with E-state index < -0.39 is 22.7 Å². The summed E-state index contributed by atoms with van der Waals surface area (Å²) in [5.41, 5.74) is 13.3. The van der Waals surface area contributed by atoms with Crippen molar-refractivity contribution in [3.63, 3.8) is 0 Å². The number of benzene rings is 3. The molecule has 0 spiro atoms. The highest BCUT2D eigenvalue weighted by Crippen LogP contribution is 2.85. The van der Waals surface area contributed by atoms with Crippen LogP contribution in [0.1, 0.15) is 237 Å². The average Bonchev–Trinajstić information content (AvgIpc) is 3.03. The van der Waals surface area contributed by atoms with E-state index in [1.165, 1.54) is 50.1 Å². The van der Waals surface area contributed by atoms with Gasteiger partial charge >= 0.3 is 0 Å². The van der Waals surface area contributed by atoms with Gasteiger partial charge in [0.05, 0.1) is 17.1 Å². The molecule has 3 aromatic rings. The van der Waals surface area contributed by atoms with Crippen molar-refractivity contribution in [3.05, 3.63) is 86.5 Å². The van der Waals surface area contributed by atoms with Gasteiger partial charge in [-0.15, -0.1) is 0 Å². The van der Waals surface area contributed by atoms with Crippen molar-refractivity contribution < 1.29 is 0 Å². The van der Waals surface area contributed by atoms with E-state index in [1.54, 1.807) is 0 Å². The number of rotatable bonds is 3. The van der Waals surface area contributed by atoms with Crippen molar-refractivity contribution in [1.29, 1.82) is 0 Å². The molecule has 1 saturated heterocycles. The molecule has 9 heteroatoms. The molecule has 1 aliphatic rings. The smallest absolute Gasteiger partial charge is 0.209 e. The van der Waals surface area contributed by atoms with Crippen LogP contribution < -0.4 is 13.3 Å². The molecule has 0 atom stereocenters. The van der Waals surface area contributed by atoms with Gasteiger partial charge < -0.3 is 0 Å². The first-order valence-electron chi connectivity index (χ1n) is 23.1.